The molecule has 3 N–H and O–H groups in total. The van der Waals surface area contributed by atoms with Crippen molar-refractivity contribution < 1.29 is 0 Å². The van der Waals surface area contributed by atoms with Gasteiger partial charge in [0.25, 0.3) is 0 Å². The van der Waals surface area contributed by atoms with Crippen molar-refractivity contribution in [2.75, 3.05) is 5.43 Å². The summed E-state index contributed by atoms with van der Waals surface area (Å²) in [5.74, 6) is 6.57. The van der Waals surface area contributed by atoms with E-state index in [1.54, 1.807) is 0 Å². The first-order valence-electron chi connectivity index (χ1n) is 5.33. The topological polar surface area (TPSA) is 94.5 Å². The Morgan fingerprint density at radius 3 is 3.00 bits per heavy atom. The van der Waals surface area contributed by atoms with Gasteiger partial charge in [-0.3, -0.25) is 0 Å². The molecule has 1 aliphatic carbocycles. The average molecular weight is 219 g/mol. The largest absolute Gasteiger partial charge is 0.306 e. The first-order chi connectivity index (χ1) is 7.81. The van der Waals surface area contributed by atoms with Crippen molar-refractivity contribution in [2.24, 2.45) is 11.8 Å². The Bertz CT molecular complexity index is 516. The molecule has 1 aliphatic rings. The number of nitrogens with two attached hydrogens (primary N) is 1. The number of nitrogens with zero attached hydrogens (tertiary/aromatic N) is 5. The third kappa shape index (κ3) is 1.32. The van der Waals surface area contributed by atoms with E-state index in [9.17, 15) is 0 Å². The van der Waals surface area contributed by atoms with Crippen LogP contribution in [0.5, 0.6) is 0 Å². The number of hydrogen-bond donors (Lipinski definition) is 2. The van der Waals surface area contributed by atoms with Crippen LogP contribution in [0.15, 0.2) is 6.33 Å². The lowest BCUT2D eigenvalue weighted by Gasteiger charge is -2.09. The summed E-state index contributed by atoms with van der Waals surface area (Å²) in [5, 5.41) is 8.20. The van der Waals surface area contributed by atoms with Gasteiger partial charge >= 0.3 is 0 Å². The van der Waals surface area contributed by atoms with Crippen molar-refractivity contribution in [3.8, 4) is 0 Å². The Hall–Kier alpha value is -1.76. The molecule has 1 atom stereocenters. The zero-order chi connectivity index (χ0) is 11.1. The summed E-state index contributed by atoms with van der Waals surface area (Å²) >= 11 is 0. The minimum Gasteiger partial charge on any atom is -0.306 e. The van der Waals surface area contributed by atoms with Crippen LogP contribution in [0.4, 0.5) is 5.82 Å². The molecule has 2 aromatic rings. The van der Waals surface area contributed by atoms with Gasteiger partial charge in [-0.15, -0.1) is 5.10 Å². The smallest absolute Gasteiger partial charge is 0.184 e. The summed E-state index contributed by atoms with van der Waals surface area (Å²) in [6.45, 7) is 2.14. The predicted molar refractivity (Wildman–Crippen MR) is 58.4 cm³/mol. The molecule has 0 amide bonds. The van der Waals surface area contributed by atoms with Crippen LogP contribution in [0.2, 0.25) is 0 Å². The van der Waals surface area contributed by atoms with Crippen LogP contribution in [-0.4, -0.2) is 25.0 Å². The molecule has 1 saturated carbocycles. The maximum absolute atomic E-state index is 5.36. The molecule has 2 aromatic heterocycles. The van der Waals surface area contributed by atoms with Gasteiger partial charge in [-0.25, -0.2) is 20.5 Å². The first-order valence-corrected chi connectivity index (χ1v) is 5.33. The number of rotatable bonds is 3. The molecule has 84 valence electrons. The molecule has 16 heavy (non-hydrogen) atoms. The number of hydrogen-bond acceptors (Lipinski definition) is 6. The maximum Gasteiger partial charge on any atom is 0.184 e. The number of anilines is 1. The van der Waals surface area contributed by atoms with Crippen molar-refractivity contribution in [3.05, 3.63) is 6.33 Å². The fourth-order valence-electron chi connectivity index (χ4n) is 1.92. The Balaban J connectivity index is 2.12. The van der Waals surface area contributed by atoms with E-state index in [1.807, 2.05) is 4.68 Å². The van der Waals surface area contributed by atoms with Gasteiger partial charge in [-0.05, 0) is 25.7 Å². The molecule has 7 nitrogen and oxygen atoms in total. The molecule has 0 saturated heterocycles. The van der Waals surface area contributed by atoms with Crippen molar-refractivity contribution in [3.63, 3.8) is 0 Å². The standard InChI is InChI=1S/C9H13N7/c1-5(6-2-3-6)16-9-7(14-15-16)8(13-10)11-4-12-9/h4-6H,2-3,10H2,1H3,(H,11,12,13). The lowest BCUT2D eigenvalue weighted by Crippen LogP contribution is -2.11. The molecular weight excluding hydrogens is 206 g/mol. The van der Waals surface area contributed by atoms with Crippen LogP contribution in [0.1, 0.15) is 25.8 Å². The molecule has 0 aliphatic heterocycles. The van der Waals surface area contributed by atoms with E-state index in [1.165, 1.54) is 19.2 Å². The number of fused-ring (bicyclic) bond motifs is 1. The number of aromatic nitrogens is 5. The quantitative estimate of drug-likeness (QED) is 0.576. The third-order valence-corrected chi connectivity index (χ3v) is 3.09. The minimum atomic E-state index is 0.338. The highest BCUT2D eigenvalue weighted by molar-refractivity contribution is 5.81. The second kappa shape index (κ2) is 3.38. The maximum atomic E-state index is 5.36. The highest BCUT2D eigenvalue weighted by atomic mass is 15.5. The fourth-order valence-corrected chi connectivity index (χ4v) is 1.92. The Morgan fingerprint density at radius 1 is 1.50 bits per heavy atom. The van der Waals surface area contributed by atoms with Crippen molar-refractivity contribution in [2.45, 2.75) is 25.8 Å². The van der Waals surface area contributed by atoms with Crippen LogP contribution in [0, 0.1) is 5.92 Å². The molecule has 0 spiro atoms. The SMILES string of the molecule is CC(C1CC1)n1nnc2c(NN)ncnc21. The second-order valence-corrected chi connectivity index (χ2v) is 4.15. The third-order valence-electron chi connectivity index (χ3n) is 3.09. The highest BCUT2D eigenvalue weighted by Gasteiger charge is 2.31. The van der Waals surface area contributed by atoms with Gasteiger partial charge in [0, 0.05) is 0 Å². The number of hydrazine groups is 1. The van der Waals surface area contributed by atoms with Crippen LogP contribution in [0.25, 0.3) is 11.2 Å². The lowest BCUT2D eigenvalue weighted by atomic mass is 10.2. The zero-order valence-electron chi connectivity index (χ0n) is 8.96. The summed E-state index contributed by atoms with van der Waals surface area (Å²) in [6.07, 6.45) is 3.99. The zero-order valence-corrected chi connectivity index (χ0v) is 8.96. The number of nitrogen functional groups attached to an aromatic ring is 1. The summed E-state index contributed by atoms with van der Waals surface area (Å²) in [6, 6.07) is 0.338. The normalized spacial score (nSPS) is 17.6. The van der Waals surface area contributed by atoms with Crippen LogP contribution in [0.3, 0.4) is 0 Å². The van der Waals surface area contributed by atoms with Gasteiger partial charge in [-0.1, -0.05) is 5.21 Å². The van der Waals surface area contributed by atoms with E-state index in [4.69, 9.17) is 5.84 Å². The van der Waals surface area contributed by atoms with Gasteiger partial charge in [0.1, 0.15) is 6.33 Å². The summed E-state index contributed by atoms with van der Waals surface area (Å²) in [5.41, 5.74) is 3.86. The van der Waals surface area contributed by atoms with E-state index in [0.29, 0.717) is 23.3 Å². The van der Waals surface area contributed by atoms with Crippen LogP contribution in [-0.2, 0) is 0 Å². The van der Waals surface area contributed by atoms with Crippen LogP contribution >= 0.6 is 0 Å². The predicted octanol–water partition coefficient (Wildman–Crippen LogP) is 0.478. The van der Waals surface area contributed by atoms with Gasteiger partial charge < -0.3 is 5.43 Å². The Kier molecular flexibility index (Phi) is 2.00. The minimum absolute atomic E-state index is 0.338. The molecule has 3 rings (SSSR count). The molecule has 0 aromatic carbocycles. The first kappa shape index (κ1) is 9.46. The van der Waals surface area contributed by atoms with Gasteiger partial charge in [0.2, 0.25) is 0 Å². The van der Waals surface area contributed by atoms with Crippen molar-refractivity contribution in [1.29, 1.82) is 0 Å². The van der Waals surface area contributed by atoms with Gasteiger partial charge in [0.15, 0.2) is 17.0 Å². The van der Waals surface area contributed by atoms with Crippen molar-refractivity contribution >= 4 is 17.0 Å². The van der Waals surface area contributed by atoms with Gasteiger partial charge in [-0.2, -0.15) is 0 Å². The van der Waals surface area contributed by atoms with Gasteiger partial charge in [0.05, 0.1) is 6.04 Å². The molecule has 0 bridgehead atoms. The van der Waals surface area contributed by atoms with E-state index in [2.05, 4.69) is 32.6 Å². The summed E-state index contributed by atoms with van der Waals surface area (Å²) in [7, 11) is 0. The van der Waals surface area contributed by atoms with E-state index in [0.717, 1.165) is 5.65 Å². The molecule has 1 unspecified atom stereocenters. The average Bonchev–Trinajstić information content (AvgIpc) is 3.07. The van der Waals surface area contributed by atoms with Crippen molar-refractivity contribution in [1.82, 2.24) is 25.0 Å². The summed E-state index contributed by atoms with van der Waals surface area (Å²) < 4.78 is 1.86. The monoisotopic (exact) mass is 219 g/mol. The second-order valence-electron chi connectivity index (χ2n) is 4.15. The lowest BCUT2D eigenvalue weighted by molar-refractivity contribution is 0.438. The molecular formula is C9H13N7. The number of nitrogens with one attached hydrogen (secondary N) is 1. The van der Waals surface area contributed by atoms with E-state index in [-0.39, 0.29) is 0 Å². The summed E-state index contributed by atoms with van der Waals surface area (Å²) in [4.78, 5) is 8.21. The van der Waals surface area contributed by atoms with Crippen LogP contribution < -0.4 is 11.3 Å². The van der Waals surface area contributed by atoms with E-state index < -0.39 is 0 Å². The molecule has 7 heteroatoms. The molecule has 0 radical (unpaired) electrons. The highest BCUT2D eigenvalue weighted by Crippen LogP contribution is 2.39. The van der Waals surface area contributed by atoms with E-state index >= 15 is 0 Å². The Morgan fingerprint density at radius 2 is 2.31 bits per heavy atom. The fraction of sp³-hybridized carbons (Fsp3) is 0.556. The Labute approximate surface area is 92.0 Å². The molecule has 2 heterocycles. The molecule has 1 fully saturated rings.